The molecule has 0 spiro atoms. The van der Waals surface area contributed by atoms with E-state index in [0.717, 1.165) is 29.3 Å². The first-order valence-corrected chi connectivity index (χ1v) is 6.59. The van der Waals surface area contributed by atoms with Crippen molar-refractivity contribution < 1.29 is 9.47 Å². The van der Waals surface area contributed by atoms with Crippen molar-refractivity contribution in [1.29, 1.82) is 0 Å². The molecule has 0 aliphatic rings. The number of benzene rings is 1. The molecular weight excluding hydrogens is 248 g/mol. The first-order chi connectivity index (χ1) is 8.83. The van der Waals surface area contributed by atoms with Crippen LogP contribution < -0.4 is 14.8 Å². The Hall–Kier alpha value is -1.59. The smallest absolute Gasteiger partial charge is 0.131 e. The summed E-state index contributed by atoms with van der Waals surface area (Å²) in [5, 5.41) is 5.11. The van der Waals surface area contributed by atoms with E-state index in [0.29, 0.717) is 6.61 Å². The van der Waals surface area contributed by atoms with E-state index in [1.807, 2.05) is 30.6 Å². The minimum atomic E-state index is 0.493. The van der Waals surface area contributed by atoms with Crippen molar-refractivity contribution in [3.63, 3.8) is 0 Å². The molecule has 1 N–H and O–H groups in total. The summed E-state index contributed by atoms with van der Waals surface area (Å²) in [5.74, 6) is 1.69. The van der Waals surface area contributed by atoms with E-state index < -0.39 is 0 Å². The minimum Gasteiger partial charge on any atom is -0.497 e. The third kappa shape index (κ3) is 3.21. The third-order valence-electron chi connectivity index (χ3n) is 2.49. The monoisotopic (exact) mass is 264 g/mol. The van der Waals surface area contributed by atoms with Crippen molar-refractivity contribution >= 4 is 11.3 Å². The molecule has 1 aromatic heterocycles. The van der Waals surface area contributed by atoms with Gasteiger partial charge in [-0.1, -0.05) is 0 Å². The van der Waals surface area contributed by atoms with E-state index >= 15 is 0 Å². The Balaban J connectivity index is 2.10. The SMILES string of the molecule is CNCc1cc(OC)ccc1OCc1cscn1. The van der Waals surface area contributed by atoms with Crippen molar-refractivity contribution in [2.24, 2.45) is 0 Å². The molecule has 0 atom stereocenters. The number of rotatable bonds is 6. The number of nitrogens with one attached hydrogen (secondary N) is 1. The maximum Gasteiger partial charge on any atom is 0.131 e. The van der Waals surface area contributed by atoms with Crippen molar-refractivity contribution in [2.75, 3.05) is 14.2 Å². The van der Waals surface area contributed by atoms with Gasteiger partial charge in [0.15, 0.2) is 0 Å². The van der Waals surface area contributed by atoms with E-state index in [-0.39, 0.29) is 0 Å². The average Bonchev–Trinajstić information content (AvgIpc) is 2.90. The molecule has 2 rings (SSSR count). The van der Waals surface area contributed by atoms with E-state index in [1.54, 1.807) is 24.0 Å². The normalized spacial score (nSPS) is 10.3. The Bertz CT molecular complexity index is 486. The van der Waals surface area contributed by atoms with Crippen LogP contribution in [0, 0.1) is 0 Å². The molecule has 96 valence electrons. The Labute approximate surface area is 111 Å². The van der Waals surface area contributed by atoms with Gasteiger partial charge in [0.25, 0.3) is 0 Å². The topological polar surface area (TPSA) is 43.4 Å². The predicted octanol–water partition coefficient (Wildman–Crippen LogP) is 2.45. The van der Waals surface area contributed by atoms with Gasteiger partial charge in [-0.2, -0.15) is 0 Å². The molecule has 0 unspecified atom stereocenters. The van der Waals surface area contributed by atoms with Crippen molar-refractivity contribution in [2.45, 2.75) is 13.2 Å². The van der Waals surface area contributed by atoms with E-state index in [9.17, 15) is 0 Å². The zero-order chi connectivity index (χ0) is 12.8. The number of hydrogen-bond donors (Lipinski definition) is 1. The first-order valence-electron chi connectivity index (χ1n) is 5.65. The summed E-state index contributed by atoms with van der Waals surface area (Å²) in [6.07, 6.45) is 0. The summed E-state index contributed by atoms with van der Waals surface area (Å²) in [5.41, 5.74) is 3.83. The zero-order valence-electron chi connectivity index (χ0n) is 10.5. The molecule has 1 aromatic carbocycles. The molecule has 4 nitrogen and oxygen atoms in total. The molecule has 0 aliphatic carbocycles. The predicted molar refractivity (Wildman–Crippen MR) is 72.2 cm³/mol. The summed E-state index contributed by atoms with van der Waals surface area (Å²) < 4.78 is 11.0. The van der Waals surface area contributed by atoms with Crippen LogP contribution >= 0.6 is 11.3 Å². The molecule has 0 amide bonds. The maximum absolute atomic E-state index is 5.78. The summed E-state index contributed by atoms with van der Waals surface area (Å²) in [6.45, 7) is 1.23. The second-order valence-corrected chi connectivity index (χ2v) is 4.49. The van der Waals surface area contributed by atoms with Gasteiger partial charge in [-0.25, -0.2) is 4.98 Å². The lowest BCUT2D eigenvalue weighted by atomic mass is 10.2. The Morgan fingerprint density at radius 1 is 1.39 bits per heavy atom. The maximum atomic E-state index is 5.78. The molecule has 0 saturated carbocycles. The summed E-state index contributed by atoms with van der Waals surface area (Å²) in [7, 11) is 3.57. The van der Waals surface area contributed by atoms with E-state index in [1.165, 1.54) is 0 Å². The molecule has 18 heavy (non-hydrogen) atoms. The number of ether oxygens (including phenoxy) is 2. The lowest BCUT2D eigenvalue weighted by molar-refractivity contribution is 0.297. The van der Waals surface area contributed by atoms with Crippen LogP contribution in [-0.4, -0.2) is 19.1 Å². The number of aromatic nitrogens is 1. The van der Waals surface area contributed by atoms with Crippen LogP contribution in [0.5, 0.6) is 11.5 Å². The van der Waals surface area contributed by atoms with Gasteiger partial charge in [-0.3, -0.25) is 0 Å². The molecule has 0 saturated heterocycles. The fourth-order valence-corrected chi connectivity index (χ4v) is 2.16. The molecular formula is C13H16N2O2S. The van der Waals surface area contributed by atoms with Crippen LogP contribution in [0.3, 0.4) is 0 Å². The zero-order valence-corrected chi connectivity index (χ0v) is 11.3. The lowest BCUT2D eigenvalue weighted by Crippen LogP contribution is -2.08. The van der Waals surface area contributed by atoms with Gasteiger partial charge >= 0.3 is 0 Å². The number of methoxy groups -OCH3 is 1. The van der Waals surface area contributed by atoms with Crippen molar-refractivity contribution in [3.05, 3.63) is 40.3 Å². The van der Waals surface area contributed by atoms with Gasteiger partial charge in [0.1, 0.15) is 18.1 Å². The molecule has 5 heteroatoms. The molecule has 1 heterocycles. The number of thiazole rings is 1. The summed E-state index contributed by atoms with van der Waals surface area (Å²) in [6, 6.07) is 5.81. The minimum absolute atomic E-state index is 0.493. The molecule has 2 aromatic rings. The first kappa shape index (κ1) is 12.9. The largest absolute Gasteiger partial charge is 0.497 e. The standard InChI is InChI=1S/C13H16N2O2S/c1-14-6-10-5-12(16-2)3-4-13(10)17-7-11-8-18-9-15-11/h3-5,8-9,14H,6-7H2,1-2H3. The number of hydrogen-bond acceptors (Lipinski definition) is 5. The van der Waals surface area contributed by atoms with E-state index in [4.69, 9.17) is 9.47 Å². The summed E-state index contributed by atoms with van der Waals surface area (Å²) in [4.78, 5) is 4.19. The third-order valence-corrected chi connectivity index (χ3v) is 3.13. The van der Waals surface area contributed by atoms with Gasteiger partial charge in [0.2, 0.25) is 0 Å². The van der Waals surface area contributed by atoms with Crippen LogP contribution in [0.15, 0.2) is 29.1 Å². The van der Waals surface area contributed by atoms with Crippen LogP contribution in [0.2, 0.25) is 0 Å². The van der Waals surface area contributed by atoms with Crippen LogP contribution in [0.1, 0.15) is 11.3 Å². The summed E-state index contributed by atoms with van der Waals surface area (Å²) >= 11 is 1.57. The Morgan fingerprint density at radius 2 is 2.28 bits per heavy atom. The highest BCUT2D eigenvalue weighted by molar-refractivity contribution is 7.07. The van der Waals surface area contributed by atoms with Crippen molar-refractivity contribution in [1.82, 2.24) is 10.3 Å². The Morgan fingerprint density at radius 3 is 2.94 bits per heavy atom. The van der Waals surface area contributed by atoms with Gasteiger partial charge in [-0.15, -0.1) is 11.3 Å². The molecule has 0 bridgehead atoms. The fourth-order valence-electron chi connectivity index (χ4n) is 1.61. The second-order valence-electron chi connectivity index (χ2n) is 3.77. The Kier molecular flexibility index (Phi) is 4.55. The molecule has 0 radical (unpaired) electrons. The highest BCUT2D eigenvalue weighted by Crippen LogP contribution is 2.24. The van der Waals surface area contributed by atoms with Gasteiger partial charge in [-0.05, 0) is 25.2 Å². The van der Waals surface area contributed by atoms with Gasteiger partial charge < -0.3 is 14.8 Å². The lowest BCUT2D eigenvalue weighted by Gasteiger charge is -2.12. The van der Waals surface area contributed by atoms with Crippen LogP contribution in [0.25, 0.3) is 0 Å². The number of nitrogens with zero attached hydrogens (tertiary/aromatic N) is 1. The fraction of sp³-hybridized carbons (Fsp3) is 0.308. The van der Waals surface area contributed by atoms with Crippen LogP contribution in [0.4, 0.5) is 0 Å². The quantitative estimate of drug-likeness (QED) is 0.870. The van der Waals surface area contributed by atoms with Gasteiger partial charge in [0, 0.05) is 17.5 Å². The highest BCUT2D eigenvalue weighted by atomic mass is 32.1. The second kappa shape index (κ2) is 6.37. The van der Waals surface area contributed by atoms with Crippen LogP contribution in [-0.2, 0) is 13.2 Å². The highest BCUT2D eigenvalue weighted by Gasteiger charge is 2.06. The molecule has 0 aliphatic heterocycles. The van der Waals surface area contributed by atoms with E-state index in [2.05, 4.69) is 10.3 Å². The average molecular weight is 264 g/mol. The molecule has 0 fully saturated rings. The van der Waals surface area contributed by atoms with Gasteiger partial charge in [0.05, 0.1) is 18.3 Å². The van der Waals surface area contributed by atoms with Crippen molar-refractivity contribution in [3.8, 4) is 11.5 Å².